The first-order chi connectivity index (χ1) is 13.1. The van der Waals surface area contributed by atoms with Crippen LogP contribution >= 0.6 is 0 Å². The minimum absolute atomic E-state index is 0.0505. The molecular formula is C20H31N3O4. The number of carbonyl (C=O) groups excluding carboxylic acids is 1. The number of aliphatic hydroxyl groups excluding tert-OH is 1. The Balaban J connectivity index is 1.37. The van der Waals surface area contributed by atoms with E-state index in [1.807, 2.05) is 35.2 Å². The summed E-state index contributed by atoms with van der Waals surface area (Å²) in [4.78, 5) is 16.7. The van der Waals surface area contributed by atoms with E-state index in [-0.39, 0.29) is 18.4 Å². The first-order valence-electron chi connectivity index (χ1n) is 9.84. The molecule has 0 saturated carbocycles. The van der Waals surface area contributed by atoms with E-state index in [1.165, 1.54) is 0 Å². The third-order valence-electron chi connectivity index (χ3n) is 5.40. The number of para-hydroxylation sites is 1. The first kappa shape index (κ1) is 20.1. The van der Waals surface area contributed by atoms with Crippen LogP contribution in [0, 0.1) is 5.92 Å². The average Bonchev–Trinajstić information content (AvgIpc) is 2.73. The van der Waals surface area contributed by atoms with Gasteiger partial charge in [-0.15, -0.1) is 0 Å². The number of benzene rings is 1. The van der Waals surface area contributed by atoms with Crippen LogP contribution in [-0.4, -0.2) is 85.5 Å². The molecule has 2 saturated heterocycles. The maximum absolute atomic E-state index is 12.7. The number of nitrogens with zero attached hydrogens (tertiary/aromatic N) is 2. The Morgan fingerprint density at radius 3 is 2.52 bits per heavy atom. The maximum Gasteiger partial charge on any atom is 0.239 e. The van der Waals surface area contributed by atoms with Crippen molar-refractivity contribution in [2.24, 2.45) is 11.7 Å². The number of ether oxygens (including phenoxy) is 2. The molecule has 3 rings (SSSR count). The highest BCUT2D eigenvalue weighted by Gasteiger charge is 2.31. The molecule has 0 bridgehead atoms. The van der Waals surface area contributed by atoms with Crippen molar-refractivity contribution in [3.8, 4) is 5.75 Å². The van der Waals surface area contributed by atoms with Crippen molar-refractivity contribution in [2.75, 3.05) is 52.5 Å². The van der Waals surface area contributed by atoms with Crippen LogP contribution in [0.4, 0.5) is 0 Å². The molecular weight excluding hydrogens is 346 g/mol. The molecule has 7 nitrogen and oxygen atoms in total. The smallest absolute Gasteiger partial charge is 0.239 e. The van der Waals surface area contributed by atoms with Crippen LogP contribution < -0.4 is 10.5 Å². The van der Waals surface area contributed by atoms with Crippen LogP contribution in [-0.2, 0) is 9.53 Å². The van der Waals surface area contributed by atoms with Crippen molar-refractivity contribution < 1.29 is 19.4 Å². The number of aliphatic hydroxyl groups is 1. The Kier molecular flexibility index (Phi) is 7.46. The number of nitrogens with two attached hydrogens (primary N) is 1. The van der Waals surface area contributed by atoms with Gasteiger partial charge in [0.25, 0.3) is 0 Å². The van der Waals surface area contributed by atoms with Gasteiger partial charge in [0.1, 0.15) is 18.5 Å². The number of hydrogen-bond acceptors (Lipinski definition) is 6. The van der Waals surface area contributed by atoms with E-state index in [0.717, 1.165) is 31.7 Å². The van der Waals surface area contributed by atoms with E-state index in [9.17, 15) is 9.90 Å². The molecule has 2 atom stereocenters. The van der Waals surface area contributed by atoms with Crippen LogP contribution in [0.5, 0.6) is 5.75 Å². The van der Waals surface area contributed by atoms with Crippen molar-refractivity contribution in [1.29, 1.82) is 0 Å². The van der Waals surface area contributed by atoms with Crippen molar-refractivity contribution >= 4 is 5.91 Å². The first-order valence-corrected chi connectivity index (χ1v) is 9.84. The quantitative estimate of drug-likeness (QED) is 0.712. The SMILES string of the molecule is NC(C(=O)N1CCN(CC(O)COc2ccccc2)CC1)C1CCOCC1. The fourth-order valence-electron chi connectivity index (χ4n) is 3.70. The largest absolute Gasteiger partial charge is 0.491 e. The van der Waals surface area contributed by atoms with Crippen LogP contribution in [0.25, 0.3) is 0 Å². The molecule has 2 heterocycles. The summed E-state index contributed by atoms with van der Waals surface area (Å²) in [6.45, 7) is 5.00. The molecule has 2 aliphatic heterocycles. The Hall–Kier alpha value is -1.67. The number of amides is 1. The minimum Gasteiger partial charge on any atom is -0.491 e. The molecule has 1 aromatic carbocycles. The van der Waals surface area contributed by atoms with Crippen LogP contribution in [0.3, 0.4) is 0 Å². The molecule has 1 aromatic rings. The van der Waals surface area contributed by atoms with E-state index < -0.39 is 12.1 Å². The predicted molar refractivity (Wildman–Crippen MR) is 102 cm³/mol. The van der Waals surface area contributed by atoms with Crippen molar-refractivity contribution in [3.05, 3.63) is 30.3 Å². The van der Waals surface area contributed by atoms with Crippen molar-refractivity contribution in [2.45, 2.75) is 25.0 Å². The van der Waals surface area contributed by atoms with Gasteiger partial charge < -0.3 is 25.2 Å². The summed E-state index contributed by atoms with van der Waals surface area (Å²) in [6, 6.07) is 9.06. The highest BCUT2D eigenvalue weighted by Crippen LogP contribution is 2.19. The molecule has 27 heavy (non-hydrogen) atoms. The van der Waals surface area contributed by atoms with E-state index in [4.69, 9.17) is 15.2 Å². The summed E-state index contributed by atoms with van der Waals surface area (Å²) < 4.78 is 11.0. The van der Waals surface area contributed by atoms with Crippen LogP contribution in [0.15, 0.2) is 30.3 Å². The molecule has 7 heteroatoms. The van der Waals surface area contributed by atoms with Crippen molar-refractivity contribution in [3.63, 3.8) is 0 Å². The van der Waals surface area contributed by atoms with Gasteiger partial charge in [0, 0.05) is 45.9 Å². The highest BCUT2D eigenvalue weighted by molar-refractivity contribution is 5.82. The lowest BCUT2D eigenvalue weighted by Gasteiger charge is -2.38. The number of hydrogen-bond donors (Lipinski definition) is 2. The van der Waals surface area contributed by atoms with Gasteiger partial charge in [0.05, 0.1) is 6.04 Å². The summed E-state index contributed by atoms with van der Waals surface area (Å²) in [7, 11) is 0. The van der Waals surface area contributed by atoms with Gasteiger partial charge >= 0.3 is 0 Å². The number of β-amino-alcohol motifs (C(OH)–C–C–N with tert-alkyl or cyclic N) is 1. The molecule has 0 radical (unpaired) electrons. The van der Waals surface area contributed by atoms with Crippen LogP contribution in [0.2, 0.25) is 0 Å². The van der Waals surface area contributed by atoms with Gasteiger partial charge in [-0.3, -0.25) is 9.69 Å². The van der Waals surface area contributed by atoms with Crippen LogP contribution in [0.1, 0.15) is 12.8 Å². The molecule has 2 unspecified atom stereocenters. The van der Waals surface area contributed by atoms with E-state index in [0.29, 0.717) is 32.8 Å². The highest BCUT2D eigenvalue weighted by atomic mass is 16.5. The minimum atomic E-state index is -0.558. The predicted octanol–water partition coefficient (Wildman–Crippen LogP) is 0.324. The molecule has 150 valence electrons. The van der Waals surface area contributed by atoms with Gasteiger partial charge in [-0.1, -0.05) is 18.2 Å². The fourth-order valence-corrected chi connectivity index (χ4v) is 3.70. The van der Waals surface area contributed by atoms with Gasteiger partial charge in [0.15, 0.2) is 0 Å². The number of rotatable bonds is 7. The summed E-state index contributed by atoms with van der Waals surface area (Å²) in [5.74, 6) is 1.03. The Morgan fingerprint density at radius 2 is 1.85 bits per heavy atom. The molecule has 2 fully saturated rings. The lowest BCUT2D eigenvalue weighted by Crippen LogP contribution is -2.56. The third-order valence-corrected chi connectivity index (χ3v) is 5.40. The fraction of sp³-hybridized carbons (Fsp3) is 0.650. The van der Waals surface area contributed by atoms with Gasteiger partial charge in [-0.25, -0.2) is 0 Å². The molecule has 2 aliphatic rings. The van der Waals surface area contributed by atoms with Crippen molar-refractivity contribution in [1.82, 2.24) is 9.80 Å². The molecule has 0 aliphatic carbocycles. The van der Waals surface area contributed by atoms with E-state index in [2.05, 4.69) is 4.90 Å². The molecule has 0 spiro atoms. The average molecular weight is 377 g/mol. The molecule has 0 aromatic heterocycles. The number of piperazine rings is 1. The Morgan fingerprint density at radius 1 is 1.19 bits per heavy atom. The Labute approximate surface area is 161 Å². The zero-order chi connectivity index (χ0) is 19.1. The second-order valence-corrected chi connectivity index (χ2v) is 7.38. The summed E-state index contributed by atoms with van der Waals surface area (Å²) >= 11 is 0. The second-order valence-electron chi connectivity index (χ2n) is 7.38. The van der Waals surface area contributed by atoms with Gasteiger partial charge in [-0.2, -0.15) is 0 Å². The zero-order valence-electron chi connectivity index (χ0n) is 15.8. The van der Waals surface area contributed by atoms with E-state index in [1.54, 1.807) is 0 Å². The topological polar surface area (TPSA) is 88.3 Å². The summed E-state index contributed by atoms with van der Waals surface area (Å²) in [5, 5.41) is 10.2. The monoisotopic (exact) mass is 377 g/mol. The summed E-state index contributed by atoms with van der Waals surface area (Å²) in [5.41, 5.74) is 6.22. The number of carbonyl (C=O) groups is 1. The molecule has 1 amide bonds. The standard InChI is InChI=1S/C20H31N3O4/c21-19(16-6-12-26-13-7-16)20(25)23-10-8-22(9-11-23)14-17(24)15-27-18-4-2-1-3-5-18/h1-5,16-17,19,24H,6-15,21H2. The van der Waals surface area contributed by atoms with Gasteiger partial charge in [0.2, 0.25) is 5.91 Å². The second kappa shape index (κ2) is 10.0. The normalized spacial score (nSPS) is 21.6. The Bertz CT molecular complexity index is 572. The third kappa shape index (κ3) is 5.90. The van der Waals surface area contributed by atoms with E-state index >= 15 is 0 Å². The lowest BCUT2D eigenvalue weighted by atomic mass is 9.91. The summed E-state index contributed by atoms with van der Waals surface area (Å²) in [6.07, 6.45) is 1.16. The molecule has 3 N–H and O–H groups in total. The lowest BCUT2D eigenvalue weighted by molar-refractivity contribution is -0.136. The zero-order valence-corrected chi connectivity index (χ0v) is 15.8. The maximum atomic E-state index is 12.7. The van der Waals surface area contributed by atoms with Gasteiger partial charge in [-0.05, 0) is 30.9 Å².